The van der Waals surface area contributed by atoms with E-state index in [1.165, 1.54) is 34.8 Å². The molecule has 0 radical (unpaired) electrons. The van der Waals surface area contributed by atoms with Crippen molar-refractivity contribution < 1.29 is 58.3 Å². The molecule has 0 aliphatic heterocycles. The Kier molecular flexibility index (Phi) is 13.6. The van der Waals surface area contributed by atoms with Gasteiger partial charge >= 0.3 is 29.6 Å². The van der Waals surface area contributed by atoms with Crippen LogP contribution >= 0.6 is 22.6 Å². The monoisotopic (exact) mass is 516 g/mol. The standard InChI is InChI=1S/C17H19IO.HI.Na/c18-13-5-4-6-15-9-11-17(12-10-15)19-14-16-7-2-1-3-8-16;;/h1-3,7-12H,4-6,13-14H2;1H;/q;;+1/p-1. The van der Waals surface area contributed by atoms with Crippen LogP contribution in [-0.4, -0.2) is 4.43 Å². The quantitative estimate of drug-likeness (QED) is 0.200. The summed E-state index contributed by atoms with van der Waals surface area (Å²) in [5, 5.41) is 0. The fourth-order valence-corrected chi connectivity index (χ4v) is 2.46. The molecule has 0 N–H and O–H groups in total. The molecule has 0 aliphatic carbocycles. The van der Waals surface area contributed by atoms with Crippen LogP contribution in [0.3, 0.4) is 0 Å². The van der Waals surface area contributed by atoms with E-state index in [-0.39, 0.29) is 53.5 Å². The molecule has 2 rings (SSSR count). The first-order chi connectivity index (χ1) is 9.38. The first-order valence-electron chi connectivity index (χ1n) is 6.70. The van der Waals surface area contributed by atoms with Gasteiger partial charge in [-0.15, -0.1) is 0 Å². The van der Waals surface area contributed by atoms with E-state index in [1.54, 1.807) is 0 Å². The summed E-state index contributed by atoms with van der Waals surface area (Å²) in [6, 6.07) is 18.8. The molecule has 0 unspecified atom stereocenters. The molecular weight excluding hydrogens is 497 g/mol. The van der Waals surface area contributed by atoms with E-state index in [0.29, 0.717) is 6.61 Å². The zero-order chi connectivity index (χ0) is 13.3. The fourth-order valence-electron chi connectivity index (χ4n) is 1.92. The topological polar surface area (TPSA) is 9.23 Å². The third-order valence-electron chi connectivity index (χ3n) is 3.02. The van der Waals surface area contributed by atoms with Crippen LogP contribution in [0.4, 0.5) is 0 Å². The summed E-state index contributed by atoms with van der Waals surface area (Å²) in [7, 11) is 0. The minimum atomic E-state index is 0. The van der Waals surface area contributed by atoms with Crippen LogP contribution in [0.2, 0.25) is 0 Å². The average molecular weight is 516 g/mol. The van der Waals surface area contributed by atoms with Crippen molar-refractivity contribution in [1.82, 2.24) is 0 Å². The summed E-state index contributed by atoms with van der Waals surface area (Å²) in [6.07, 6.45) is 3.74. The second-order valence-electron chi connectivity index (χ2n) is 4.56. The SMILES string of the molecule is ICCCCc1ccc(OCc2ccccc2)cc1.[I-].[Na+]. The molecule has 2 aromatic carbocycles. The molecule has 0 aromatic heterocycles. The Balaban J connectivity index is 0.00000200. The van der Waals surface area contributed by atoms with Crippen molar-refractivity contribution in [3.63, 3.8) is 0 Å². The molecular formula is C17H19I2NaO. The van der Waals surface area contributed by atoms with Gasteiger partial charge in [0.1, 0.15) is 12.4 Å². The second kappa shape index (κ2) is 13.2. The number of halogens is 2. The minimum absolute atomic E-state index is 0. The maximum absolute atomic E-state index is 5.77. The van der Waals surface area contributed by atoms with E-state index >= 15 is 0 Å². The van der Waals surface area contributed by atoms with Crippen molar-refractivity contribution >= 4 is 22.6 Å². The Bertz CT molecular complexity index is 474. The fraction of sp³-hybridized carbons (Fsp3) is 0.294. The van der Waals surface area contributed by atoms with Crippen molar-refractivity contribution in [1.29, 1.82) is 0 Å². The van der Waals surface area contributed by atoms with Crippen LogP contribution in [0.15, 0.2) is 54.6 Å². The predicted octanol–water partition coefficient (Wildman–Crippen LogP) is -0.969. The number of hydrogen-bond acceptors (Lipinski definition) is 1. The van der Waals surface area contributed by atoms with Gasteiger partial charge < -0.3 is 28.7 Å². The number of aryl methyl sites for hydroxylation is 1. The maximum Gasteiger partial charge on any atom is 1.00 e. The minimum Gasteiger partial charge on any atom is -1.00 e. The zero-order valence-corrected chi connectivity index (χ0v) is 18.7. The Hall–Kier alpha value is 0.700. The van der Waals surface area contributed by atoms with E-state index in [0.717, 1.165) is 5.75 Å². The first-order valence-corrected chi connectivity index (χ1v) is 8.22. The van der Waals surface area contributed by atoms with E-state index in [1.807, 2.05) is 18.2 Å². The van der Waals surface area contributed by atoms with Crippen LogP contribution in [0.5, 0.6) is 5.75 Å². The molecule has 4 heteroatoms. The number of unbranched alkanes of at least 4 members (excludes halogenated alkanes) is 1. The summed E-state index contributed by atoms with van der Waals surface area (Å²) < 4.78 is 7.02. The molecule has 1 nitrogen and oxygen atoms in total. The van der Waals surface area contributed by atoms with Gasteiger partial charge in [-0.05, 0) is 46.9 Å². The van der Waals surface area contributed by atoms with Crippen molar-refractivity contribution in [2.45, 2.75) is 25.9 Å². The number of ether oxygens (including phenoxy) is 1. The number of rotatable bonds is 7. The summed E-state index contributed by atoms with van der Waals surface area (Å²) in [5.41, 5.74) is 2.60. The molecule has 2 aromatic rings. The van der Waals surface area contributed by atoms with E-state index in [2.05, 4.69) is 59.0 Å². The van der Waals surface area contributed by atoms with Crippen LogP contribution in [-0.2, 0) is 13.0 Å². The van der Waals surface area contributed by atoms with Crippen molar-refractivity contribution in [2.24, 2.45) is 0 Å². The van der Waals surface area contributed by atoms with Gasteiger partial charge in [-0.25, -0.2) is 0 Å². The molecule has 0 saturated heterocycles. The Labute approximate surface area is 180 Å². The number of benzene rings is 2. The van der Waals surface area contributed by atoms with E-state index < -0.39 is 0 Å². The van der Waals surface area contributed by atoms with Gasteiger partial charge in [-0.3, -0.25) is 0 Å². The molecule has 108 valence electrons. The summed E-state index contributed by atoms with van der Waals surface area (Å²) >= 11 is 2.43. The Morgan fingerprint density at radius 3 is 2.10 bits per heavy atom. The van der Waals surface area contributed by atoms with E-state index in [4.69, 9.17) is 4.74 Å². The smallest absolute Gasteiger partial charge is 1.00 e. The second-order valence-corrected chi connectivity index (χ2v) is 5.64. The van der Waals surface area contributed by atoms with Gasteiger partial charge in [0, 0.05) is 0 Å². The van der Waals surface area contributed by atoms with Crippen molar-refractivity contribution in [2.75, 3.05) is 4.43 Å². The van der Waals surface area contributed by atoms with Gasteiger partial charge in [0.2, 0.25) is 0 Å². The van der Waals surface area contributed by atoms with Crippen molar-refractivity contribution in [3.8, 4) is 5.75 Å². The van der Waals surface area contributed by atoms with Gasteiger partial charge in [-0.2, -0.15) is 0 Å². The molecule has 0 fully saturated rings. The summed E-state index contributed by atoms with van der Waals surface area (Å²) in [5.74, 6) is 0.946. The largest absolute Gasteiger partial charge is 1.00 e. The molecule has 0 spiro atoms. The van der Waals surface area contributed by atoms with Crippen LogP contribution in [0.1, 0.15) is 24.0 Å². The van der Waals surface area contributed by atoms with Crippen molar-refractivity contribution in [3.05, 3.63) is 65.7 Å². The van der Waals surface area contributed by atoms with Crippen LogP contribution < -0.4 is 58.3 Å². The Morgan fingerprint density at radius 1 is 0.810 bits per heavy atom. The third kappa shape index (κ3) is 8.79. The van der Waals surface area contributed by atoms with Gasteiger partial charge in [0.05, 0.1) is 0 Å². The normalized spacial score (nSPS) is 9.38. The molecule has 0 atom stereocenters. The van der Waals surface area contributed by atoms with Gasteiger partial charge in [0.25, 0.3) is 0 Å². The summed E-state index contributed by atoms with van der Waals surface area (Å²) in [4.78, 5) is 0. The maximum atomic E-state index is 5.77. The van der Waals surface area contributed by atoms with E-state index in [9.17, 15) is 0 Å². The van der Waals surface area contributed by atoms with Gasteiger partial charge in [0.15, 0.2) is 0 Å². The number of alkyl halides is 1. The third-order valence-corrected chi connectivity index (χ3v) is 3.78. The average Bonchev–Trinajstić information content (AvgIpc) is 2.48. The van der Waals surface area contributed by atoms with Gasteiger partial charge in [-0.1, -0.05) is 65.1 Å². The van der Waals surface area contributed by atoms with Crippen LogP contribution in [0.25, 0.3) is 0 Å². The molecule has 0 heterocycles. The number of hydrogen-bond donors (Lipinski definition) is 0. The predicted molar refractivity (Wildman–Crippen MR) is 89.0 cm³/mol. The zero-order valence-electron chi connectivity index (χ0n) is 12.4. The van der Waals surface area contributed by atoms with Crippen LogP contribution in [0, 0.1) is 0 Å². The summed E-state index contributed by atoms with van der Waals surface area (Å²) in [6.45, 7) is 0.634. The first kappa shape index (κ1) is 21.7. The molecule has 0 aliphatic rings. The molecule has 0 saturated carbocycles. The molecule has 0 bridgehead atoms. The molecule has 0 amide bonds. The Morgan fingerprint density at radius 2 is 1.48 bits per heavy atom. The molecule has 21 heavy (non-hydrogen) atoms.